The fraction of sp³-hybridized carbons (Fsp3) is 0.125. The molecular weight excluding hydrogens is 628 g/mol. The van der Waals surface area contributed by atoms with Gasteiger partial charge in [-0.1, -0.05) is 0 Å². The van der Waals surface area contributed by atoms with Crippen LogP contribution in [0, 0.1) is 31.8 Å². The summed E-state index contributed by atoms with van der Waals surface area (Å²) in [6.07, 6.45) is 5.00. The summed E-state index contributed by atoms with van der Waals surface area (Å²) in [7, 11) is 0. The van der Waals surface area contributed by atoms with Crippen molar-refractivity contribution in [2.24, 2.45) is 0 Å². The summed E-state index contributed by atoms with van der Waals surface area (Å²) in [6.45, 7) is 0. The molecule has 25 heavy (non-hydrogen) atoms. The second-order valence-corrected chi connectivity index (χ2v) is 3.16. The minimum atomic E-state index is -0.209. The quantitative estimate of drug-likeness (QED) is 0.198. The second kappa shape index (κ2) is 45.9. The first-order chi connectivity index (χ1) is 7.89. The van der Waals surface area contributed by atoms with Gasteiger partial charge in [-0.15, -0.1) is 12.1 Å². The Morgan fingerprint density at radius 1 is 0.680 bits per heavy atom. The van der Waals surface area contributed by atoms with Crippen LogP contribution in [0.2, 0.25) is 0 Å². The standard InChI is InChI=1S/C6H4F.C6H5.C3H5.CH3.4BrH.4Mg/c7-6-4-2-1-3-5-6;1-2-4-6-5-3-1;1-2-3-1;;;;;;;;;/h2-5H;1-5H;1H,2-3H2;1H3;4*1H;;;;/q4*-1;;;;;4*+2/p-4. The monoisotopic (exact) mass is 640 g/mol. The molecule has 0 spiro atoms. The largest absolute Gasteiger partial charge is 2.00 e. The van der Waals surface area contributed by atoms with Crippen molar-refractivity contribution >= 4 is 92.2 Å². The zero-order chi connectivity index (χ0) is 11.5. The van der Waals surface area contributed by atoms with E-state index in [1.165, 1.54) is 37.1 Å². The van der Waals surface area contributed by atoms with E-state index in [0.717, 1.165) is 0 Å². The van der Waals surface area contributed by atoms with E-state index < -0.39 is 0 Å². The Bertz CT molecular complexity index is 342. The van der Waals surface area contributed by atoms with Gasteiger partial charge in [0.2, 0.25) is 0 Å². The summed E-state index contributed by atoms with van der Waals surface area (Å²) in [6, 6.07) is 21.0. The summed E-state index contributed by atoms with van der Waals surface area (Å²) in [4.78, 5) is 0. The fourth-order valence-electron chi connectivity index (χ4n) is 0.708. The van der Waals surface area contributed by atoms with Gasteiger partial charge in [0.15, 0.2) is 0 Å². The van der Waals surface area contributed by atoms with Gasteiger partial charge in [0.25, 0.3) is 0 Å². The van der Waals surface area contributed by atoms with Crippen molar-refractivity contribution in [3.63, 3.8) is 0 Å². The van der Waals surface area contributed by atoms with Crippen molar-refractivity contribution in [2.75, 3.05) is 0 Å². The molecule has 1 aliphatic rings. The summed E-state index contributed by atoms with van der Waals surface area (Å²) >= 11 is 0. The first-order valence-electron chi connectivity index (χ1n) is 5.24. The van der Waals surface area contributed by atoms with Crippen molar-refractivity contribution in [3.8, 4) is 0 Å². The Morgan fingerprint density at radius 3 is 1.12 bits per heavy atom. The van der Waals surface area contributed by atoms with Crippen LogP contribution in [0.3, 0.4) is 0 Å². The molecule has 1 fully saturated rings. The second-order valence-electron chi connectivity index (χ2n) is 3.16. The van der Waals surface area contributed by atoms with Gasteiger partial charge in [-0.3, -0.25) is 0 Å². The first kappa shape index (κ1) is 56.6. The van der Waals surface area contributed by atoms with Gasteiger partial charge in [0.05, 0.1) is 0 Å². The minimum absolute atomic E-state index is 0. The number of hydrogen-bond donors (Lipinski definition) is 0. The number of benzene rings is 2. The van der Waals surface area contributed by atoms with Gasteiger partial charge in [0, 0.05) is 5.82 Å². The molecule has 9 heteroatoms. The number of halogens is 5. The van der Waals surface area contributed by atoms with Crippen LogP contribution in [0.1, 0.15) is 12.8 Å². The third-order valence-electron chi connectivity index (χ3n) is 1.57. The molecule has 0 radical (unpaired) electrons. The Morgan fingerprint density at radius 2 is 1.00 bits per heavy atom. The Hall–Kier alpha value is 3.35. The molecule has 0 atom stereocenters. The molecule has 0 nitrogen and oxygen atoms in total. The van der Waals surface area contributed by atoms with E-state index in [4.69, 9.17) is 0 Å². The maximum absolute atomic E-state index is 11.9. The zero-order valence-corrected chi connectivity index (χ0v) is 26.4. The Kier molecular flexibility index (Phi) is 104. The molecule has 0 unspecified atom stereocenters. The van der Waals surface area contributed by atoms with Crippen molar-refractivity contribution < 1.29 is 72.3 Å². The smallest absolute Gasteiger partial charge is 1.00 e. The maximum atomic E-state index is 11.9. The molecule has 0 aromatic heterocycles. The van der Waals surface area contributed by atoms with Gasteiger partial charge < -0.3 is 81.8 Å². The summed E-state index contributed by atoms with van der Waals surface area (Å²) in [5.41, 5.74) is 0. The van der Waals surface area contributed by atoms with Crippen molar-refractivity contribution in [3.05, 3.63) is 86.4 Å². The van der Waals surface area contributed by atoms with Crippen LogP contribution in [0.5, 0.6) is 0 Å². The summed E-state index contributed by atoms with van der Waals surface area (Å²) in [5, 5.41) is 0. The fourth-order valence-corrected chi connectivity index (χ4v) is 0.708. The van der Waals surface area contributed by atoms with Crippen LogP contribution in [0.4, 0.5) is 4.39 Å². The topological polar surface area (TPSA) is 0 Å². The minimum Gasteiger partial charge on any atom is -1.00 e. The molecular formula is C16H17Br4FMg4. The van der Waals surface area contributed by atoms with Crippen LogP contribution < -0.4 is 67.9 Å². The molecule has 1 saturated carbocycles. The van der Waals surface area contributed by atoms with Crippen LogP contribution in [-0.2, 0) is 0 Å². The number of hydrogen-bond acceptors (Lipinski definition) is 0. The van der Waals surface area contributed by atoms with E-state index in [-0.39, 0.29) is 173 Å². The predicted molar refractivity (Wildman–Crippen MR) is 93.5 cm³/mol. The summed E-state index contributed by atoms with van der Waals surface area (Å²) in [5.74, 6) is -0.209. The molecule has 1 aliphatic carbocycles. The van der Waals surface area contributed by atoms with E-state index in [0.29, 0.717) is 0 Å². The average Bonchev–Trinajstić information content (AvgIpc) is 3.21. The predicted octanol–water partition coefficient (Wildman–Crippen LogP) is -8.96. The van der Waals surface area contributed by atoms with Gasteiger partial charge in [-0.2, -0.15) is 54.6 Å². The summed E-state index contributed by atoms with van der Waals surface area (Å²) < 4.78 is 11.9. The molecule has 2 aromatic carbocycles. The third-order valence-corrected chi connectivity index (χ3v) is 1.57. The normalized spacial score (nSPS) is 7.24. The first-order valence-corrected chi connectivity index (χ1v) is 5.24. The van der Waals surface area contributed by atoms with E-state index in [1.54, 1.807) is 0 Å². The van der Waals surface area contributed by atoms with Crippen LogP contribution in [0.15, 0.2) is 54.6 Å². The van der Waals surface area contributed by atoms with E-state index in [9.17, 15) is 4.39 Å². The average molecular weight is 645 g/mol. The Labute approximate surface area is 259 Å². The van der Waals surface area contributed by atoms with E-state index in [2.05, 4.69) is 18.6 Å². The van der Waals surface area contributed by atoms with Gasteiger partial charge in [-0.25, -0.2) is 17.2 Å². The van der Waals surface area contributed by atoms with E-state index in [1.807, 2.05) is 30.3 Å². The van der Waals surface area contributed by atoms with Crippen molar-refractivity contribution in [1.29, 1.82) is 0 Å². The van der Waals surface area contributed by atoms with E-state index >= 15 is 0 Å². The maximum Gasteiger partial charge on any atom is 2.00 e. The molecule has 2 aromatic rings. The molecule has 3 rings (SSSR count). The molecule has 0 N–H and O–H groups in total. The molecule has 0 heterocycles. The molecule has 124 valence electrons. The van der Waals surface area contributed by atoms with Crippen LogP contribution >= 0.6 is 0 Å². The Balaban J connectivity index is -0.0000000192. The molecule has 0 bridgehead atoms. The van der Waals surface area contributed by atoms with Gasteiger partial charge in [0.1, 0.15) is 0 Å². The van der Waals surface area contributed by atoms with Crippen molar-refractivity contribution in [2.45, 2.75) is 12.8 Å². The van der Waals surface area contributed by atoms with Crippen LogP contribution in [0.25, 0.3) is 0 Å². The zero-order valence-electron chi connectivity index (χ0n) is 14.4. The molecule has 0 amide bonds. The SMILES string of the molecule is Fc1cc[c-]cc1.[Br-].[Br-].[Br-].[Br-].[CH-]1CC1.[CH3-].[Mg+2].[Mg+2].[Mg+2].[Mg+2].[c-]1ccccc1. The van der Waals surface area contributed by atoms with Crippen LogP contribution in [-0.4, -0.2) is 92.2 Å². The van der Waals surface area contributed by atoms with Gasteiger partial charge in [-0.05, 0) is 0 Å². The van der Waals surface area contributed by atoms with Crippen molar-refractivity contribution in [1.82, 2.24) is 0 Å². The van der Waals surface area contributed by atoms with Gasteiger partial charge >= 0.3 is 92.2 Å². The molecule has 0 aliphatic heterocycles. The molecule has 0 saturated heterocycles. The third kappa shape index (κ3) is 52.2. The number of rotatable bonds is 0.